The molecule has 1 aliphatic heterocycles. The molecule has 2 aromatic carbocycles. The Balaban J connectivity index is 1.59. The number of rotatable bonds is 6. The molecule has 2 aromatic rings. The molecule has 0 aromatic heterocycles. The molecule has 0 fully saturated rings. The highest BCUT2D eigenvalue weighted by Gasteiger charge is 2.29. The van der Waals surface area contributed by atoms with E-state index in [-0.39, 0.29) is 0 Å². The third-order valence-corrected chi connectivity index (χ3v) is 4.54. The predicted octanol–water partition coefficient (Wildman–Crippen LogP) is 2.90. The number of benzene rings is 2. The van der Waals surface area contributed by atoms with Crippen molar-refractivity contribution in [2.75, 3.05) is 26.8 Å². The first-order chi connectivity index (χ1) is 11.2. The Hall–Kier alpha value is -2.04. The van der Waals surface area contributed by atoms with E-state index in [9.17, 15) is 0 Å². The zero-order chi connectivity index (χ0) is 16.2. The van der Waals surface area contributed by atoms with Crippen LogP contribution in [-0.4, -0.2) is 31.7 Å². The molecule has 0 saturated carbocycles. The minimum absolute atomic E-state index is 0.296. The van der Waals surface area contributed by atoms with Gasteiger partial charge in [-0.1, -0.05) is 18.2 Å². The lowest BCUT2D eigenvalue weighted by Crippen LogP contribution is -2.31. The van der Waals surface area contributed by atoms with Gasteiger partial charge in [0.15, 0.2) is 0 Å². The van der Waals surface area contributed by atoms with Crippen LogP contribution in [0.4, 0.5) is 0 Å². The van der Waals surface area contributed by atoms with Crippen LogP contribution in [0.5, 0.6) is 11.5 Å². The fraction of sp³-hybridized carbons (Fsp3) is 0.368. The third kappa shape index (κ3) is 3.33. The predicted molar refractivity (Wildman–Crippen MR) is 91.9 cm³/mol. The van der Waals surface area contributed by atoms with Crippen LogP contribution in [0.25, 0.3) is 0 Å². The minimum atomic E-state index is 0.296. The highest BCUT2D eigenvalue weighted by atomic mass is 16.5. The van der Waals surface area contributed by atoms with Crippen molar-refractivity contribution < 1.29 is 9.47 Å². The van der Waals surface area contributed by atoms with Crippen molar-refractivity contribution in [3.63, 3.8) is 0 Å². The van der Waals surface area contributed by atoms with Crippen molar-refractivity contribution in [2.24, 2.45) is 5.73 Å². The summed E-state index contributed by atoms with van der Waals surface area (Å²) in [5.74, 6) is 1.70. The second kappa shape index (κ2) is 7.02. The molecular formula is C19H24N2O2. The van der Waals surface area contributed by atoms with E-state index in [1.807, 2.05) is 24.3 Å². The molecule has 0 amide bonds. The Morgan fingerprint density at radius 1 is 1.13 bits per heavy atom. The first-order valence-electron chi connectivity index (χ1n) is 8.02. The van der Waals surface area contributed by atoms with Gasteiger partial charge in [0.05, 0.1) is 7.11 Å². The smallest absolute Gasteiger partial charge is 0.119 e. The van der Waals surface area contributed by atoms with Crippen molar-refractivity contribution in [1.29, 1.82) is 0 Å². The number of hydrogen-bond acceptors (Lipinski definition) is 4. The van der Waals surface area contributed by atoms with Crippen LogP contribution >= 0.6 is 0 Å². The van der Waals surface area contributed by atoms with Crippen LogP contribution in [-0.2, 0) is 6.54 Å². The van der Waals surface area contributed by atoms with Crippen LogP contribution in [0, 0.1) is 6.92 Å². The highest BCUT2D eigenvalue weighted by molar-refractivity contribution is 5.40. The molecular weight excluding hydrogens is 288 g/mol. The zero-order valence-corrected chi connectivity index (χ0v) is 13.8. The minimum Gasteiger partial charge on any atom is -0.497 e. The molecule has 3 rings (SSSR count). The van der Waals surface area contributed by atoms with Gasteiger partial charge in [0.1, 0.15) is 18.1 Å². The molecule has 0 aliphatic carbocycles. The fourth-order valence-electron chi connectivity index (χ4n) is 3.23. The van der Waals surface area contributed by atoms with Gasteiger partial charge in [0, 0.05) is 25.7 Å². The van der Waals surface area contributed by atoms with E-state index in [2.05, 4.69) is 30.0 Å². The molecule has 0 radical (unpaired) electrons. The molecule has 0 spiro atoms. The van der Waals surface area contributed by atoms with Crippen molar-refractivity contribution in [2.45, 2.75) is 19.5 Å². The van der Waals surface area contributed by atoms with Gasteiger partial charge >= 0.3 is 0 Å². The fourth-order valence-corrected chi connectivity index (χ4v) is 3.23. The van der Waals surface area contributed by atoms with Gasteiger partial charge in [-0.2, -0.15) is 0 Å². The molecule has 4 heteroatoms. The average Bonchev–Trinajstić information content (AvgIpc) is 2.94. The summed E-state index contributed by atoms with van der Waals surface area (Å²) in [6.45, 7) is 5.27. The topological polar surface area (TPSA) is 47.7 Å². The van der Waals surface area contributed by atoms with Crippen LogP contribution in [0.1, 0.15) is 22.7 Å². The molecule has 1 aliphatic rings. The average molecular weight is 312 g/mol. The highest BCUT2D eigenvalue weighted by Crippen LogP contribution is 2.34. The summed E-state index contributed by atoms with van der Waals surface area (Å²) in [4.78, 5) is 2.40. The van der Waals surface area contributed by atoms with Crippen LogP contribution in [0.3, 0.4) is 0 Å². The summed E-state index contributed by atoms with van der Waals surface area (Å²) < 4.78 is 11.0. The molecule has 1 atom stereocenters. The number of fused-ring (bicyclic) bond motifs is 1. The Bertz CT molecular complexity index is 655. The Kier molecular flexibility index (Phi) is 4.84. The largest absolute Gasteiger partial charge is 0.497 e. The van der Waals surface area contributed by atoms with Gasteiger partial charge < -0.3 is 15.2 Å². The van der Waals surface area contributed by atoms with Crippen LogP contribution in [0.15, 0.2) is 42.5 Å². The summed E-state index contributed by atoms with van der Waals surface area (Å²) in [7, 11) is 1.66. The summed E-state index contributed by atoms with van der Waals surface area (Å²) in [6, 6.07) is 14.5. The number of aryl methyl sites for hydroxylation is 1. The van der Waals surface area contributed by atoms with Crippen molar-refractivity contribution in [3.05, 3.63) is 59.2 Å². The Morgan fingerprint density at radius 3 is 2.57 bits per heavy atom. The number of hydrogen-bond donors (Lipinski definition) is 1. The van der Waals surface area contributed by atoms with E-state index in [0.29, 0.717) is 19.2 Å². The second-order valence-electron chi connectivity index (χ2n) is 5.89. The van der Waals surface area contributed by atoms with Crippen molar-refractivity contribution in [3.8, 4) is 11.5 Å². The normalized spacial score (nSPS) is 17.1. The monoisotopic (exact) mass is 312 g/mol. The van der Waals surface area contributed by atoms with Gasteiger partial charge in [-0.05, 0) is 47.9 Å². The van der Waals surface area contributed by atoms with Gasteiger partial charge in [-0.3, -0.25) is 4.90 Å². The Labute approximate surface area is 137 Å². The third-order valence-electron chi connectivity index (χ3n) is 4.54. The summed E-state index contributed by atoms with van der Waals surface area (Å²) in [5.41, 5.74) is 10.2. The Morgan fingerprint density at radius 2 is 1.87 bits per heavy atom. The SMILES string of the molecule is COc1ccc(OCCN2Cc3c(C)cccc3C2CN)cc1. The van der Waals surface area contributed by atoms with E-state index < -0.39 is 0 Å². The molecule has 122 valence electrons. The number of nitrogens with two attached hydrogens (primary N) is 1. The van der Waals surface area contributed by atoms with E-state index in [0.717, 1.165) is 24.6 Å². The number of ether oxygens (including phenoxy) is 2. The molecule has 2 N–H and O–H groups in total. The quantitative estimate of drug-likeness (QED) is 0.891. The summed E-state index contributed by atoms with van der Waals surface area (Å²) in [5, 5.41) is 0. The standard InChI is InChI=1S/C19H24N2O2/c1-14-4-3-5-17-18(14)13-21(19(17)12-20)10-11-23-16-8-6-15(22-2)7-9-16/h3-9,19H,10-13,20H2,1-2H3. The maximum Gasteiger partial charge on any atom is 0.119 e. The number of methoxy groups -OCH3 is 1. The van der Waals surface area contributed by atoms with Crippen LogP contribution < -0.4 is 15.2 Å². The molecule has 23 heavy (non-hydrogen) atoms. The van der Waals surface area contributed by atoms with Crippen LogP contribution in [0.2, 0.25) is 0 Å². The lowest BCUT2D eigenvalue weighted by Gasteiger charge is -2.23. The second-order valence-corrected chi connectivity index (χ2v) is 5.89. The zero-order valence-electron chi connectivity index (χ0n) is 13.8. The molecule has 0 bridgehead atoms. The van der Waals surface area contributed by atoms with Gasteiger partial charge in [-0.25, -0.2) is 0 Å². The first-order valence-corrected chi connectivity index (χ1v) is 8.02. The van der Waals surface area contributed by atoms with E-state index in [4.69, 9.17) is 15.2 Å². The maximum atomic E-state index is 6.01. The van der Waals surface area contributed by atoms with E-state index in [1.54, 1.807) is 7.11 Å². The lowest BCUT2D eigenvalue weighted by molar-refractivity contribution is 0.174. The first kappa shape index (κ1) is 15.8. The molecule has 1 heterocycles. The van der Waals surface area contributed by atoms with Crippen molar-refractivity contribution in [1.82, 2.24) is 4.90 Å². The maximum absolute atomic E-state index is 6.01. The van der Waals surface area contributed by atoms with Crippen molar-refractivity contribution >= 4 is 0 Å². The van der Waals surface area contributed by atoms with Gasteiger partial charge in [0.25, 0.3) is 0 Å². The molecule has 0 saturated heterocycles. The lowest BCUT2D eigenvalue weighted by atomic mass is 10.0. The molecule has 1 unspecified atom stereocenters. The van der Waals surface area contributed by atoms with E-state index in [1.165, 1.54) is 16.7 Å². The summed E-state index contributed by atoms with van der Waals surface area (Å²) in [6.07, 6.45) is 0. The van der Waals surface area contributed by atoms with Gasteiger partial charge in [-0.15, -0.1) is 0 Å². The van der Waals surface area contributed by atoms with Gasteiger partial charge in [0.2, 0.25) is 0 Å². The summed E-state index contributed by atoms with van der Waals surface area (Å²) >= 11 is 0. The number of nitrogens with zero attached hydrogens (tertiary/aromatic N) is 1. The van der Waals surface area contributed by atoms with E-state index >= 15 is 0 Å². The molecule has 4 nitrogen and oxygen atoms in total.